The van der Waals surface area contributed by atoms with Gasteiger partial charge in [0.05, 0.1) is 0 Å². The summed E-state index contributed by atoms with van der Waals surface area (Å²) in [4.78, 5) is 2.32. The van der Waals surface area contributed by atoms with Gasteiger partial charge in [-0.3, -0.25) is 0 Å². The summed E-state index contributed by atoms with van der Waals surface area (Å²) in [5, 5.41) is 4.64. The molecule has 1 fully saturated rings. The second-order valence-corrected chi connectivity index (χ2v) is 4.88. The molecular weight excluding hydrogens is 212 g/mol. The van der Waals surface area contributed by atoms with Crippen molar-refractivity contribution in [3.05, 3.63) is 29.8 Å². The van der Waals surface area contributed by atoms with Gasteiger partial charge in [-0.2, -0.15) is 0 Å². The van der Waals surface area contributed by atoms with Crippen molar-refractivity contribution in [2.75, 3.05) is 24.5 Å². The summed E-state index contributed by atoms with van der Waals surface area (Å²) >= 11 is 0. The number of fused-ring (bicyclic) bond motifs is 1. The van der Waals surface area contributed by atoms with Crippen LogP contribution in [0.1, 0.15) is 12.5 Å². The number of hydrogen-bond donors (Lipinski definition) is 1. The fourth-order valence-electron chi connectivity index (χ4n) is 2.48. The predicted molar refractivity (Wildman–Crippen MR) is 70.6 cm³/mol. The van der Waals surface area contributed by atoms with E-state index in [-0.39, 0.29) is 0 Å². The van der Waals surface area contributed by atoms with E-state index in [2.05, 4.69) is 48.3 Å². The molecule has 3 nitrogen and oxygen atoms in total. The Balaban J connectivity index is 1.97. The third-order valence-corrected chi connectivity index (χ3v) is 3.41. The quantitative estimate of drug-likeness (QED) is 0.816. The number of anilines is 1. The van der Waals surface area contributed by atoms with Gasteiger partial charge in [0.1, 0.15) is 5.58 Å². The van der Waals surface area contributed by atoms with Gasteiger partial charge in [0.15, 0.2) is 5.88 Å². The number of hydrogen-bond acceptors (Lipinski definition) is 3. The van der Waals surface area contributed by atoms with Gasteiger partial charge in [0, 0.05) is 37.1 Å². The van der Waals surface area contributed by atoms with E-state index >= 15 is 0 Å². The topological polar surface area (TPSA) is 28.4 Å². The van der Waals surface area contributed by atoms with E-state index < -0.39 is 0 Å². The number of rotatable bonds is 1. The molecule has 2 heterocycles. The highest BCUT2D eigenvalue weighted by molar-refractivity contribution is 5.83. The second-order valence-electron chi connectivity index (χ2n) is 4.88. The Kier molecular flexibility index (Phi) is 2.56. The minimum atomic E-state index is 0.526. The molecule has 1 saturated heterocycles. The summed E-state index contributed by atoms with van der Waals surface area (Å²) in [6.07, 6.45) is 0. The van der Waals surface area contributed by atoms with E-state index in [1.807, 2.05) is 0 Å². The molecule has 0 amide bonds. The standard InChI is InChI=1S/C14H18N2O/c1-10-4-3-5-12-8-13(17-14(10)12)16-7-6-15-11(2)9-16/h3-5,8,11,15H,6-7,9H2,1-2H3. The van der Waals surface area contributed by atoms with Gasteiger partial charge in [0.25, 0.3) is 0 Å². The largest absolute Gasteiger partial charge is 0.440 e. The molecule has 1 atom stereocenters. The van der Waals surface area contributed by atoms with Gasteiger partial charge in [-0.05, 0) is 19.4 Å². The average Bonchev–Trinajstić information content (AvgIpc) is 2.74. The third-order valence-electron chi connectivity index (χ3n) is 3.41. The van der Waals surface area contributed by atoms with Gasteiger partial charge in [0.2, 0.25) is 0 Å². The zero-order valence-corrected chi connectivity index (χ0v) is 10.4. The molecule has 1 aromatic heterocycles. The molecule has 1 N–H and O–H groups in total. The highest BCUT2D eigenvalue weighted by Crippen LogP contribution is 2.28. The van der Waals surface area contributed by atoms with Crippen LogP contribution in [0.4, 0.5) is 5.88 Å². The molecule has 0 aliphatic carbocycles. The minimum Gasteiger partial charge on any atom is -0.440 e. The number of benzene rings is 1. The molecule has 1 aromatic carbocycles. The molecule has 1 aliphatic rings. The van der Waals surface area contributed by atoms with Gasteiger partial charge in [-0.1, -0.05) is 18.2 Å². The molecular formula is C14H18N2O. The maximum Gasteiger partial charge on any atom is 0.196 e. The smallest absolute Gasteiger partial charge is 0.196 e. The first kappa shape index (κ1) is 10.7. The number of nitrogens with zero attached hydrogens (tertiary/aromatic N) is 1. The van der Waals surface area contributed by atoms with Gasteiger partial charge >= 0.3 is 0 Å². The average molecular weight is 230 g/mol. The normalized spacial score (nSPS) is 21.1. The molecule has 0 saturated carbocycles. The van der Waals surface area contributed by atoms with Crippen molar-refractivity contribution in [3.8, 4) is 0 Å². The third kappa shape index (κ3) is 1.91. The number of piperazine rings is 1. The van der Waals surface area contributed by atoms with Crippen LogP contribution in [0.3, 0.4) is 0 Å². The second kappa shape index (κ2) is 4.08. The molecule has 1 unspecified atom stereocenters. The first-order chi connectivity index (χ1) is 8.24. The molecule has 0 bridgehead atoms. The number of furan rings is 1. The lowest BCUT2D eigenvalue weighted by atomic mass is 10.2. The lowest BCUT2D eigenvalue weighted by Gasteiger charge is -2.31. The Morgan fingerprint density at radius 1 is 1.41 bits per heavy atom. The summed E-state index contributed by atoms with van der Waals surface area (Å²) in [6, 6.07) is 8.97. The highest BCUT2D eigenvalue weighted by Gasteiger charge is 2.19. The molecule has 0 spiro atoms. The van der Waals surface area contributed by atoms with Crippen molar-refractivity contribution in [1.29, 1.82) is 0 Å². The van der Waals surface area contributed by atoms with Crippen LogP contribution in [-0.4, -0.2) is 25.7 Å². The summed E-state index contributed by atoms with van der Waals surface area (Å²) in [5.74, 6) is 1.00. The molecule has 17 heavy (non-hydrogen) atoms. The van der Waals surface area contributed by atoms with Gasteiger partial charge in [-0.25, -0.2) is 0 Å². The molecule has 2 aromatic rings. The van der Waals surface area contributed by atoms with Crippen molar-refractivity contribution >= 4 is 16.9 Å². The summed E-state index contributed by atoms with van der Waals surface area (Å²) < 4.78 is 5.98. The molecule has 3 rings (SSSR count). The van der Waals surface area contributed by atoms with Crippen molar-refractivity contribution in [3.63, 3.8) is 0 Å². The summed E-state index contributed by atoms with van der Waals surface area (Å²) in [7, 11) is 0. The number of nitrogens with one attached hydrogen (secondary N) is 1. The van der Waals surface area contributed by atoms with E-state index in [0.717, 1.165) is 31.1 Å². The maximum absolute atomic E-state index is 5.98. The summed E-state index contributed by atoms with van der Waals surface area (Å²) in [6.45, 7) is 7.36. The number of para-hydroxylation sites is 1. The van der Waals surface area contributed by atoms with Crippen molar-refractivity contribution in [2.45, 2.75) is 19.9 Å². The van der Waals surface area contributed by atoms with Gasteiger partial charge in [-0.15, -0.1) is 0 Å². The Morgan fingerprint density at radius 2 is 2.29 bits per heavy atom. The van der Waals surface area contributed by atoms with E-state index in [9.17, 15) is 0 Å². The van der Waals surface area contributed by atoms with E-state index in [1.165, 1.54) is 10.9 Å². The molecule has 3 heteroatoms. The van der Waals surface area contributed by atoms with Crippen LogP contribution in [0, 0.1) is 6.92 Å². The minimum absolute atomic E-state index is 0.526. The first-order valence-corrected chi connectivity index (χ1v) is 6.21. The monoisotopic (exact) mass is 230 g/mol. The fourth-order valence-corrected chi connectivity index (χ4v) is 2.48. The zero-order chi connectivity index (χ0) is 11.8. The van der Waals surface area contributed by atoms with E-state index in [1.54, 1.807) is 0 Å². The lowest BCUT2D eigenvalue weighted by Crippen LogP contribution is -2.49. The molecule has 90 valence electrons. The Morgan fingerprint density at radius 3 is 3.06 bits per heavy atom. The Labute approximate surface area is 101 Å². The molecule has 0 radical (unpaired) electrons. The van der Waals surface area contributed by atoms with E-state index in [4.69, 9.17) is 4.42 Å². The maximum atomic E-state index is 5.98. The van der Waals surface area contributed by atoms with E-state index in [0.29, 0.717) is 6.04 Å². The predicted octanol–water partition coefficient (Wildman–Crippen LogP) is 2.54. The zero-order valence-electron chi connectivity index (χ0n) is 10.4. The first-order valence-electron chi connectivity index (χ1n) is 6.21. The lowest BCUT2D eigenvalue weighted by molar-refractivity contribution is 0.458. The van der Waals surface area contributed by atoms with Crippen LogP contribution >= 0.6 is 0 Å². The van der Waals surface area contributed by atoms with Crippen LogP contribution in [0.15, 0.2) is 28.7 Å². The van der Waals surface area contributed by atoms with Crippen molar-refractivity contribution in [2.24, 2.45) is 0 Å². The van der Waals surface area contributed by atoms with Crippen LogP contribution in [0.25, 0.3) is 11.0 Å². The van der Waals surface area contributed by atoms with Crippen LogP contribution in [0.2, 0.25) is 0 Å². The van der Waals surface area contributed by atoms with Crippen LogP contribution in [-0.2, 0) is 0 Å². The Bertz CT molecular complexity index is 532. The van der Waals surface area contributed by atoms with Crippen LogP contribution in [0.5, 0.6) is 0 Å². The van der Waals surface area contributed by atoms with Crippen molar-refractivity contribution in [1.82, 2.24) is 5.32 Å². The van der Waals surface area contributed by atoms with Gasteiger partial charge < -0.3 is 14.6 Å². The molecule has 1 aliphatic heterocycles. The van der Waals surface area contributed by atoms with Crippen molar-refractivity contribution < 1.29 is 4.42 Å². The summed E-state index contributed by atoms with van der Waals surface area (Å²) in [5.41, 5.74) is 2.23. The fraction of sp³-hybridized carbons (Fsp3) is 0.429. The Hall–Kier alpha value is -1.48. The van der Waals surface area contributed by atoms with Crippen LogP contribution < -0.4 is 10.2 Å². The SMILES string of the molecule is Cc1cccc2cc(N3CCNC(C)C3)oc12. The highest BCUT2D eigenvalue weighted by atomic mass is 16.4. The number of aryl methyl sites for hydroxylation is 1.